The number of aromatic nitrogens is 2. The Hall–Kier alpha value is -1.03. The summed E-state index contributed by atoms with van der Waals surface area (Å²) in [5, 5.41) is 3.27. The summed E-state index contributed by atoms with van der Waals surface area (Å²) in [6.07, 6.45) is 4.18. The lowest BCUT2D eigenvalue weighted by Gasteiger charge is -2.27. The standard InChI is InChI=1S/C11H18ClN3O/c1-4-11(3,8-12)15-9-6-13-7-10(14-9)16-5-2/h6-7H,4-5,8H2,1-3H3,(H,14,15). The van der Waals surface area contributed by atoms with Gasteiger partial charge in [-0.05, 0) is 20.3 Å². The van der Waals surface area contributed by atoms with Crippen LogP contribution >= 0.6 is 11.6 Å². The van der Waals surface area contributed by atoms with E-state index in [1.54, 1.807) is 12.4 Å². The molecule has 1 atom stereocenters. The molecule has 0 bridgehead atoms. The zero-order chi connectivity index (χ0) is 12.0. The highest BCUT2D eigenvalue weighted by atomic mass is 35.5. The number of nitrogens with zero attached hydrogens (tertiary/aromatic N) is 2. The smallest absolute Gasteiger partial charge is 0.234 e. The maximum Gasteiger partial charge on any atom is 0.234 e. The third-order valence-corrected chi connectivity index (χ3v) is 3.00. The average molecular weight is 244 g/mol. The Morgan fingerprint density at radius 2 is 2.19 bits per heavy atom. The molecule has 0 aliphatic carbocycles. The van der Waals surface area contributed by atoms with Crippen LogP contribution in [0, 0.1) is 0 Å². The lowest BCUT2D eigenvalue weighted by molar-refractivity contribution is 0.325. The molecule has 1 aromatic heterocycles. The van der Waals surface area contributed by atoms with E-state index < -0.39 is 0 Å². The van der Waals surface area contributed by atoms with Crippen LogP contribution in [0.2, 0.25) is 0 Å². The Bertz CT molecular complexity index is 329. The number of alkyl halides is 1. The molecule has 16 heavy (non-hydrogen) atoms. The van der Waals surface area contributed by atoms with E-state index in [1.807, 2.05) is 6.92 Å². The van der Waals surface area contributed by atoms with Crippen LogP contribution in [0.4, 0.5) is 5.82 Å². The summed E-state index contributed by atoms with van der Waals surface area (Å²) in [5.41, 5.74) is -0.166. The SMILES string of the molecule is CCOc1cncc(NC(C)(CC)CCl)n1. The lowest BCUT2D eigenvalue weighted by atomic mass is 10.0. The summed E-state index contributed by atoms with van der Waals surface area (Å²) in [5.74, 6) is 1.74. The Balaban J connectivity index is 2.76. The first kappa shape index (κ1) is 13.0. The van der Waals surface area contributed by atoms with Gasteiger partial charge in [-0.1, -0.05) is 6.92 Å². The highest BCUT2D eigenvalue weighted by Gasteiger charge is 2.21. The fourth-order valence-corrected chi connectivity index (χ4v) is 1.41. The third-order valence-electron chi connectivity index (χ3n) is 2.41. The van der Waals surface area contributed by atoms with Crippen molar-refractivity contribution in [3.8, 4) is 5.88 Å². The molecule has 1 unspecified atom stereocenters. The number of hydrogen-bond donors (Lipinski definition) is 1. The molecular formula is C11H18ClN3O. The number of rotatable bonds is 6. The van der Waals surface area contributed by atoms with E-state index >= 15 is 0 Å². The van der Waals surface area contributed by atoms with Crippen molar-refractivity contribution in [1.29, 1.82) is 0 Å². The van der Waals surface area contributed by atoms with Gasteiger partial charge in [0.1, 0.15) is 5.82 Å². The first-order valence-electron chi connectivity index (χ1n) is 5.42. The summed E-state index contributed by atoms with van der Waals surface area (Å²) in [4.78, 5) is 8.35. The van der Waals surface area contributed by atoms with Gasteiger partial charge in [0.15, 0.2) is 0 Å². The van der Waals surface area contributed by atoms with Crippen molar-refractivity contribution in [1.82, 2.24) is 9.97 Å². The summed E-state index contributed by atoms with van der Waals surface area (Å²) in [6, 6.07) is 0. The predicted molar refractivity (Wildman–Crippen MR) is 66.2 cm³/mol. The zero-order valence-electron chi connectivity index (χ0n) is 9.96. The van der Waals surface area contributed by atoms with Gasteiger partial charge in [-0.25, -0.2) is 0 Å². The van der Waals surface area contributed by atoms with Gasteiger partial charge >= 0.3 is 0 Å². The van der Waals surface area contributed by atoms with Gasteiger partial charge < -0.3 is 10.1 Å². The molecule has 0 aliphatic rings. The third kappa shape index (κ3) is 3.52. The average Bonchev–Trinajstić information content (AvgIpc) is 2.30. The van der Waals surface area contributed by atoms with Gasteiger partial charge in [0.05, 0.1) is 19.0 Å². The minimum atomic E-state index is -0.166. The van der Waals surface area contributed by atoms with Crippen molar-refractivity contribution in [2.45, 2.75) is 32.7 Å². The second-order valence-electron chi connectivity index (χ2n) is 3.85. The van der Waals surface area contributed by atoms with Crippen LogP contribution < -0.4 is 10.1 Å². The highest BCUT2D eigenvalue weighted by molar-refractivity contribution is 6.18. The molecular weight excluding hydrogens is 226 g/mol. The molecule has 4 nitrogen and oxygen atoms in total. The highest BCUT2D eigenvalue weighted by Crippen LogP contribution is 2.19. The Kier molecular flexibility index (Phi) is 4.80. The van der Waals surface area contributed by atoms with Gasteiger partial charge in [-0.3, -0.25) is 4.98 Å². The van der Waals surface area contributed by atoms with Gasteiger partial charge in [-0.15, -0.1) is 11.6 Å². The molecule has 5 heteroatoms. The molecule has 1 rings (SSSR count). The number of hydrogen-bond acceptors (Lipinski definition) is 4. The summed E-state index contributed by atoms with van der Waals surface area (Å²) < 4.78 is 5.28. The number of halogens is 1. The maximum absolute atomic E-state index is 5.92. The van der Waals surface area contributed by atoms with E-state index in [2.05, 4.69) is 29.1 Å². The van der Waals surface area contributed by atoms with Crippen LogP contribution in [0.5, 0.6) is 5.88 Å². The van der Waals surface area contributed by atoms with E-state index in [-0.39, 0.29) is 5.54 Å². The largest absolute Gasteiger partial charge is 0.477 e. The summed E-state index contributed by atoms with van der Waals surface area (Å²) >= 11 is 5.92. The number of ether oxygens (including phenoxy) is 1. The van der Waals surface area contributed by atoms with Crippen LogP contribution in [0.15, 0.2) is 12.4 Å². The molecule has 0 radical (unpaired) electrons. The van der Waals surface area contributed by atoms with Crippen molar-refractivity contribution < 1.29 is 4.74 Å². The lowest BCUT2D eigenvalue weighted by Crippen LogP contribution is -2.36. The molecule has 0 fully saturated rings. The van der Waals surface area contributed by atoms with E-state index in [9.17, 15) is 0 Å². The molecule has 1 aromatic rings. The Morgan fingerprint density at radius 3 is 2.75 bits per heavy atom. The van der Waals surface area contributed by atoms with Crippen molar-refractivity contribution in [3.05, 3.63) is 12.4 Å². The second-order valence-corrected chi connectivity index (χ2v) is 4.12. The van der Waals surface area contributed by atoms with E-state index in [0.717, 1.165) is 6.42 Å². The van der Waals surface area contributed by atoms with Gasteiger partial charge in [0.25, 0.3) is 0 Å². The van der Waals surface area contributed by atoms with E-state index in [1.165, 1.54) is 0 Å². The van der Waals surface area contributed by atoms with Crippen molar-refractivity contribution in [2.75, 3.05) is 17.8 Å². The van der Waals surface area contributed by atoms with E-state index in [0.29, 0.717) is 24.2 Å². The minimum Gasteiger partial charge on any atom is -0.477 e. The normalized spacial score (nSPS) is 14.2. The number of anilines is 1. The Labute approximate surface area is 101 Å². The number of nitrogens with one attached hydrogen (secondary N) is 1. The van der Waals surface area contributed by atoms with Crippen LogP contribution in [0.3, 0.4) is 0 Å². The van der Waals surface area contributed by atoms with Crippen LogP contribution in [0.1, 0.15) is 27.2 Å². The minimum absolute atomic E-state index is 0.166. The van der Waals surface area contributed by atoms with Gasteiger partial charge in [-0.2, -0.15) is 4.98 Å². The maximum atomic E-state index is 5.92. The quantitative estimate of drug-likeness (QED) is 0.781. The fraction of sp³-hybridized carbons (Fsp3) is 0.636. The van der Waals surface area contributed by atoms with Crippen molar-refractivity contribution >= 4 is 17.4 Å². The molecule has 1 N–H and O–H groups in total. The first-order chi connectivity index (χ1) is 7.63. The van der Waals surface area contributed by atoms with E-state index in [4.69, 9.17) is 16.3 Å². The van der Waals surface area contributed by atoms with Crippen LogP contribution in [-0.4, -0.2) is 28.0 Å². The molecule has 1 heterocycles. The zero-order valence-corrected chi connectivity index (χ0v) is 10.7. The summed E-state index contributed by atoms with van der Waals surface area (Å²) in [7, 11) is 0. The van der Waals surface area contributed by atoms with Crippen LogP contribution in [-0.2, 0) is 0 Å². The second kappa shape index (κ2) is 5.89. The van der Waals surface area contributed by atoms with Crippen molar-refractivity contribution in [3.63, 3.8) is 0 Å². The molecule has 0 saturated carbocycles. The molecule has 0 aliphatic heterocycles. The summed E-state index contributed by atoms with van der Waals surface area (Å²) in [6.45, 7) is 6.62. The monoisotopic (exact) mass is 243 g/mol. The van der Waals surface area contributed by atoms with Gasteiger partial charge in [0.2, 0.25) is 5.88 Å². The predicted octanol–water partition coefficient (Wildman–Crippen LogP) is 2.69. The Morgan fingerprint density at radius 1 is 1.44 bits per heavy atom. The van der Waals surface area contributed by atoms with Gasteiger partial charge in [0, 0.05) is 11.4 Å². The first-order valence-corrected chi connectivity index (χ1v) is 5.96. The topological polar surface area (TPSA) is 47.0 Å². The molecule has 0 saturated heterocycles. The molecule has 90 valence electrons. The van der Waals surface area contributed by atoms with Crippen LogP contribution in [0.25, 0.3) is 0 Å². The fourth-order valence-electron chi connectivity index (χ4n) is 1.15. The van der Waals surface area contributed by atoms with Crippen molar-refractivity contribution in [2.24, 2.45) is 0 Å². The molecule has 0 spiro atoms. The molecule has 0 aromatic carbocycles. The molecule has 0 amide bonds.